The van der Waals surface area contributed by atoms with E-state index in [-0.39, 0.29) is 0 Å². The second-order valence-electron chi connectivity index (χ2n) is 3.84. The SMILES string of the molecule is CCCC(C)NCc1cc(Br)ccc1O. The van der Waals surface area contributed by atoms with Gasteiger partial charge in [-0.25, -0.2) is 0 Å². The van der Waals surface area contributed by atoms with Gasteiger partial charge in [0.05, 0.1) is 0 Å². The highest BCUT2D eigenvalue weighted by Crippen LogP contribution is 2.21. The van der Waals surface area contributed by atoms with Crippen LogP contribution in [0.15, 0.2) is 22.7 Å². The van der Waals surface area contributed by atoms with Gasteiger partial charge < -0.3 is 10.4 Å². The zero-order chi connectivity index (χ0) is 11.3. The van der Waals surface area contributed by atoms with Gasteiger partial charge in [0.2, 0.25) is 0 Å². The van der Waals surface area contributed by atoms with Crippen LogP contribution in [-0.4, -0.2) is 11.1 Å². The summed E-state index contributed by atoms with van der Waals surface area (Å²) < 4.78 is 1.00. The lowest BCUT2D eigenvalue weighted by Crippen LogP contribution is -2.25. The first-order valence-electron chi connectivity index (χ1n) is 5.34. The number of aromatic hydroxyl groups is 1. The molecule has 0 spiro atoms. The molecule has 0 aromatic heterocycles. The first-order valence-corrected chi connectivity index (χ1v) is 6.13. The monoisotopic (exact) mass is 271 g/mol. The Morgan fingerprint density at radius 2 is 2.20 bits per heavy atom. The Hall–Kier alpha value is -0.540. The molecule has 0 saturated heterocycles. The normalized spacial score (nSPS) is 12.7. The van der Waals surface area contributed by atoms with Crippen molar-refractivity contribution in [3.63, 3.8) is 0 Å². The molecule has 2 N–H and O–H groups in total. The number of halogens is 1. The Balaban J connectivity index is 2.53. The van der Waals surface area contributed by atoms with E-state index in [9.17, 15) is 5.11 Å². The molecule has 0 radical (unpaired) electrons. The van der Waals surface area contributed by atoms with E-state index in [1.165, 1.54) is 6.42 Å². The van der Waals surface area contributed by atoms with Gasteiger partial charge in [0.1, 0.15) is 5.75 Å². The molecular formula is C12H18BrNO. The van der Waals surface area contributed by atoms with E-state index in [2.05, 4.69) is 35.1 Å². The molecule has 1 aromatic rings. The van der Waals surface area contributed by atoms with Crippen molar-refractivity contribution >= 4 is 15.9 Å². The summed E-state index contributed by atoms with van der Waals surface area (Å²) in [6.07, 6.45) is 2.34. The number of phenols is 1. The molecule has 0 fully saturated rings. The Labute approximate surface area is 99.8 Å². The van der Waals surface area contributed by atoms with Gasteiger partial charge in [-0.2, -0.15) is 0 Å². The number of hydrogen-bond acceptors (Lipinski definition) is 2. The third-order valence-corrected chi connectivity index (χ3v) is 2.90. The minimum Gasteiger partial charge on any atom is -0.508 e. The van der Waals surface area contributed by atoms with Gasteiger partial charge in [-0.1, -0.05) is 29.3 Å². The lowest BCUT2D eigenvalue weighted by molar-refractivity contribution is 0.454. The first-order chi connectivity index (χ1) is 7.13. The molecule has 0 aliphatic rings. The smallest absolute Gasteiger partial charge is 0.120 e. The number of hydrogen-bond donors (Lipinski definition) is 2. The van der Waals surface area contributed by atoms with Crippen molar-refractivity contribution in [2.24, 2.45) is 0 Å². The van der Waals surface area contributed by atoms with Crippen LogP contribution in [0.2, 0.25) is 0 Å². The number of phenolic OH excluding ortho intramolecular Hbond substituents is 1. The molecule has 15 heavy (non-hydrogen) atoms. The van der Waals surface area contributed by atoms with E-state index in [1.807, 2.05) is 12.1 Å². The average Bonchev–Trinajstić information content (AvgIpc) is 2.20. The minimum absolute atomic E-state index is 0.356. The zero-order valence-corrected chi connectivity index (χ0v) is 10.8. The van der Waals surface area contributed by atoms with Gasteiger partial charge in [-0.3, -0.25) is 0 Å². The number of rotatable bonds is 5. The number of nitrogens with one attached hydrogen (secondary N) is 1. The summed E-state index contributed by atoms with van der Waals surface area (Å²) in [7, 11) is 0. The van der Waals surface area contributed by atoms with Crippen LogP contribution in [0.25, 0.3) is 0 Å². The second kappa shape index (κ2) is 6.13. The van der Waals surface area contributed by atoms with Crippen LogP contribution in [0.5, 0.6) is 5.75 Å². The van der Waals surface area contributed by atoms with Crippen LogP contribution in [0.3, 0.4) is 0 Å². The molecular weight excluding hydrogens is 254 g/mol. The highest BCUT2D eigenvalue weighted by molar-refractivity contribution is 9.10. The molecule has 1 unspecified atom stereocenters. The van der Waals surface area contributed by atoms with Crippen molar-refractivity contribution in [2.75, 3.05) is 0 Å². The summed E-state index contributed by atoms with van der Waals surface area (Å²) in [5.41, 5.74) is 0.937. The first kappa shape index (κ1) is 12.5. The predicted octanol–water partition coefficient (Wildman–Crippen LogP) is 3.43. The van der Waals surface area contributed by atoms with E-state index in [0.29, 0.717) is 18.3 Å². The second-order valence-corrected chi connectivity index (χ2v) is 4.76. The fraction of sp³-hybridized carbons (Fsp3) is 0.500. The molecule has 0 aliphatic carbocycles. The fourth-order valence-electron chi connectivity index (χ4n) is 1.51. The molecule has 1 atom stereocenters. The largest absolute Gasteiger partial charge is 0.508 e. The van der Waals surface area contributed by atoms with Gasteiger partial charge in [0.25, 0.3) is 0 Å². The van der Waals surface area contributed by atoms with Crippen molar-refractivity contribution in [1.82, 2.24) is 5.32 Å². The highest BCUT2D eigenvalue weighted by atomic mass is 79.9. The highest BCUT2D eigenvalue weighted by Gasteiger charge is 2.04. The third kappa shape index (κ3) is 4.22. The molecule has 3 heteroatoms. The lowest BCUT2D eigenvalue weighted by atomic mass is 10.1. The van der Waals surface area contributed by atoms with E-state index >= 15 is 0 Å². The predicted molar refractivity (Wildman–Crippen MR) is 67.0 cm³/mol. The summed E-state index contributed by atoms with van der Waals surface area (Å²) in [5.74, 6) is 0.356. The average molecular weight is 272 g/mol. The Bertz CT molecular complexity index is 314. The van der Waals surface area contributed by atoms with Gasteiger partial charge in [0.15, 0.2) is 0 Å². The Kier molecular flexibility index (Phi) is 5.12. The topological polar surface area (TPSA) is 32.3 Å². The van der Waals surface area contributed by atoms with Gasteiger partial charge in [0, 0.05) is 22.6 Å². The quantitative estimate of drug-likeness (QED) is 0.860. The van der Waals surface area contributed by atoms with Crippen LogP contribution >= 0.6 is 15.9 Å². The van der Waals surface area contributed by atoms with Gasteiger partial charge >= 0.3 is 0 Å². The molecule has 0 amide bonds. The summed E-state index contributed by atoms with van der Waals surface area (Å²) in [6, 6.07) is 5.99. The summed E-state index contributed by atoms with van der Waals surface area (Å²) in [5, 5.41) is 13.0. The maximum atomic E-state index is 9.62. The van der Waals surface area contributed by atoms with E-state index < -0.39 is 0 Å². The maximum absolute atomic E-state index is 9.62. The van der Waals surface area contributed by atoms with Crippen LogP contribution in [0, 0.1) is 0 Å². The van der Waals surface area contributed by atoms with Crippen LogP contribution in [0.4, 0.5) is 0 Å². The molecule has 1 aromatic carbocycles. The summed E-state index contributed by atoms with van der Waals surface area (Å²) >= 11 is 3.40. The summed E-state index contributed by atoms with van der Waals surface area (Å²) in [4.78, 5) is 0. The third-order valence-electron chi connectivity index (χ3n) is 2.40. The van der Waals surface area contributed by atoms with Crippen molar-refractivity contribution in [1.29, 1.82) is 0 Å². The van der Waals surface area contributed by atoms with E-state index in [1.54, 1.807) is 6.07 Å². The Morgan fingerprint density at radius 3 is 2.87 bits per heavy atom. The maximum Gasteiger partial charge on any atom is 0.120 e. The van der Waals surface area contributed by atoms with Gasteiger partial charge in [-0.05, 0) is 31.5 Å². The van der Waals surface area contributed by atoms with Crippen molar-refractivity contribution in [3.8, 4) is 5.75 Å². The van der Waals surface area contributed by atoms with Crippen molar-refractivity contribution < 1.29 is 5.11 Å². The van der Waals surface area contributed by atoms with Crippen LogP contribution in [0.1, 0.15) is 32.3 Å². The van der Waals surface area contributed by atoms with Crippen molar-refractivity contribution in [2.45, 2.75) is 39.3 Å². The fourth-order valence-corrected chi connectivity index (χ4v) is 1.92. The van der Waals surface area contributed by atoms with Crippen molar-refractivity contribution in [3.05, 3.63) is 28.2 Å². The van der Waals surface area contributed by atoms with E-state index in [4.69, 9.17) is 0 Å². The van der Waals surface area contributed by atoms with Gasteiger partial charge in [-0.15, -0.1) is 0 Å². The summed E-state index contributed by atoms with van der Waals surface area (Å²) in [6.45, 7) is 5.06. The molecule has 2 nitrogen and oxygen atoms in total. The molecule has 0 aliphatic heterocycles. The minimum atomic E-state index is 0.356. The molecule has 0 bridgehead atoms. The molecule has 0 heterocycles. The molecule has 1 rings (SSSR count). The molecule has 0 saturated carbocycles. The van der Waals surface area contributed by atoms with Crippen LogP contribution < -0.4 is 5.32 Å². The zero-order valence-electron chi connectivity index (χ0n) is 9.26. The molecule has 84 valence electrons. The lowest BCUT2D eigenvalue weighted by Gasteiger charge is -2.13. The standard InChI is InChI=1S/C12H18BrNO/c1-3-4-9(2)14-8-10-7-11(13)5-6-12(10)15/h5-7,9,14-15H,3-4,8H2,1-2H3. The van der Waals surface area contributed by atoms with Crippen LogP contribution in [-0.2, 0) is 6.54 Å². The van der Waals surface area contributed by atoms with E-state index in [0.717, 1.165) is 16.5 Å². The Morgan fingerprint density at radius 1 is 1.47 bits per heavy atom. The number of benzene rings is 1.